The molecule has 342 valence electrons. The van der Waals surface area contributed by atoms with Crippen LogP contribution in [0.25, 0.3) is 17.8 Å². The molecular formula is C36H42N24O6. The van der Waals surface area contributed by atoms with Crippen molar-refractivity contribution >= 4 is 69.9 Å². The van der Waals surface area contributed by atoms with Gasteiger partial charge in [0.2, 0.25) is 5.82 Å². The zero-order valence-corrected chi connectivity index (χ0v) is 37.6. The highest BCUT2D eigenvalue weighted by atomic mass is 16.5. The molecule has 0 aromatic carbocycles. The molecule has 7 aromatic rings. The summed E-state index contributed by atoms with van der Waals surface area (Å²) in [5.74, 6) is -2.66. The second-order valence-electron chi connectivity index (χ2n) is 14.2. The van der Waals surface area contributed by atoms with Gasteiger partial charge in [0.1, 0.15) is 16.7 Å². The van der Waals surface area contributed by atoms with E-state index in [2.05, 4.69) is 76.2 Å². The van der Waals surface area contributed by atoms with Gasteiger partial charge in [0.15, 0.2) is 46.2 Å². The highest BCUT2D eigenvalue weighted by Crippen LogP contribution is 2.36. The summed E-state index contributed by atoms with van der Waals surface area (Å²) >= 11 is 0. The Balaban J connectivity index is 1.38. The number of aromatic nitrogens is 15. The maximum absolute atomic E-state index is 12.6. The minimum absolute atomic E-state index is 0.0202. The molecule has 30 nitrogen and oxygen atoms in total. The molecule has 0 saturated carbocycles. The third-order valence-electron chi connectivity index (χ3n) is 9.96. The highest BCUT2D eigenvalue weighted by Gasteiger charge is 2.27. The van der Waals surface area contributed by atoms with E-state index in [9.17, 15) is 14.4 Å². The lowest BCUT2D eigenvalue weighted by molar-refractivity contribution is 0.0591. The molecule has 0 amide bonds. The number of hydrogen-bond acceptors (Lipinski definition) is 24. The maximum Gasteiger partial charge on any atom is 0.343 e. The van der Waals surface area contributed by atoms with Gasteiger partial charge in [0.05, 0.1) is 55.5 Å². The van der Waals surface area contributed by atoms with Gasteiger partial charge >= 0.3 is 17.9 Å². The van der Waals surface area contributed by atoms with Gasteiger partial charge in [-0.1, -0.05) is 0 Å². The van der Waals surface area contributed by atoms with E-state index in [0.29, 0.717) is 17.1 Å². The topological polar surface area (TPSA) is 377 Å². The first-order chi connectivity index (χ1) is 31.3. The number of nitrogens with zero attached hydrogens (tertiary/aromatic N) is 21. The number of aryl methyl sites for hydroxylation is 8. The molecule has 0 radical (unpaired) electrons. The summed E-state index contributed by atoms with van der Waals surface area (Å²) in [4.78, 5) is 51.6. The fraction of sp³-hybridized carbons (Fsp3) is 0.333. The number of carbonyl (C=O) groups excluding carboxylic acids is 3. The van der Waals surface area contributed by atoms with Crippen LogP contribution in [0.15, 0.2) is 30.7 Å². The van der Waals surface area contributed by atoms with Crippen LogP contribution in [-0.2, 0) is 35.4 Å². The van der Waals surface area contributed by atoms with Gasteiger partial charge in [-0.3, -0.25) is 4.68 Å². The maximum atomic E-state index is 12.6. The number of azo groups is 3. The van der Waals surface area contributed by atoms with E-state index in [4.69, 9.17) is 31.4 Å². The Bertz CT molecular complexity index is 3060. The normalized spacial score (nSPS) is 11.8. The number of carbonyl (C=O) groups is 3. The standard InChI is InChI=1S/C36H42N24O6/c1-13-19(31(61)64-10)29(56(8)49-13)47-44-23-16(4)52-59(26(23)38)35-40-34(58-25(37)22(15(3)51-58)43-46-28-21(33(63)66-12)18(6)55(7)54-28)41-36(42-35)60-27(39)24(17(5)53-60)45-48-30-20(32(62)65-11)14(2)50-57(30)9/h37-39H2,1-12H3/b46-43+,47-44+,48-45+. The molecule has 6 N–H and O–H groups in total. The lowest BCUT2D eigenvalue weighted by Crippen LogP contribution is -2.17. The lowest BCUT2D eigenvalue weighted by Gasteiger charge is -2.09. The molecule has 0 aliphatic carbocycles. The van der Waals surface area contributed by atoms with Crippen molar-refractivity contribution in [1.82, 2.24) is 73.6 Å². The number of nitrogen functional groups attached to an aromatic ring is 3. The Labute approximate surface area is 372 Å². The molecule has 7 rings (SSSR count). The Kier molecular flexibility index (Phi) is 11.7. The van der Waals surface area contributed by atoms with Gasteiger partial charge in [0.25, 0.3) is 17.8 Å². The molecule has 0 aliphatic rings. The number of hydrogen-bond donors (Lipinski definition) is 3. The van der Waals surface area contributed by atoms with Crippen LogP contribution >= 0.6 is 0 Å². The summed E-state index contributed by atoms with van der Waals surface area (Å²) in [5, 5.41) is 52.2. The molecule has 30 heteroatoms. The van der Waals surface area contributed by atoms with Crippen LogP contribution in [0.5, 0.6) is 0 Å². The van der Waals surface area contributed by atoms with E-state index in [0.717, 1.165) is 14.0 Å². The van der Waals surface area contributed by atoms with Crippen LogP contribution in [0.4, 0.5) is 52.0 Å². The zero-order valence-electron chi connectivity index (χ0n) is 37.6. The van der Waals surface area contributed by atoms with Crippen LogP contribution < -0.4 is 17.2 Å². The van der Waals surface area contributed by atoms with Crippen molar-refractivity contribution in [1.29, 1.82) is 0 Å². The number of ether oxygens (including phenoxy) is 3. The van der Waals surface area contributed by atoms with Crippen LogP contribution in [0.3, 0.4) is 0 Å². The summed E-state index contributed by atoms with van der Waals surface area (Å²) in [6.45, 7) is 9.77. The molecule has 0 fully saturated rings. The number of methoxy groups -OCH3 is 3. The first-order valence-corrected chi connectivity index (χ1v) is 19.2. The summed E-state index contributed by atoms with van der Waals surface area (Å²) in [6.07, 6.45) is 0. The molecule has 66 heavy (non-hydrogen) atoms. The van der Waals surface area contributed by atoms with Crippen LogP contribution in [-0.4, -0.2) is 113 Å². The molecule has 7 aromatic heterocycles. The molecule has 0 unspecified atom stereocenters. The van der Waals surface area contributed by atoms with Crippen LogP contribution in [0.2, 0.25) is 0 Å². The van der Waals surface area contributed by atoms with Crippen molar-refractivity contribution in [2.45, 2.75) is 41.5 Å². The molecule has 0 saturated heterocycles. The Morgan fingerprint density at radius 1 is 0.439 bits per heavy atom. The van der Waals surface area contributed by atoms with Gasteiger partial charge < -0.3 is 31.4 Å². The van der Waals surface area contributed by atoms with Crippen molar-refractivity contribution in [3.05, 3.63) is 50.9 Å². The van der Waals surface area contributed by atoms with Crippen molar-refractivity contribution in [3.63, 3.8) is 0 Å². The fourth-order valence-corrected chi connectivity index (χ4v) is 6.56. The smallest absolute Gasteiger partial charge is 0.343 e. The fourth-order valence-electron chi connectivity index (χ4n) is 6.56. The van der Waals surface area contributed by atoms with Crippen LogP contribution in [0.1, 0.15) is 65.2 Å². The first-order valence-electron chi connectivity index (χ1n) is 19.2. The summed E-state index contributed by atoms with van der Waals surface area (Å²) in [5.41, 5.74) is 22.6. The number of esters is 3. The summed E-state index contributed by atoms with van der Waals surface area (Å²) in [6, 6.07) is 0. The predicted molar refractivity (Wildman–Crippen MR) is 229 cm³/mol. The van der Waals surface area contributed by atoms with Gasteiger partial charge in [-0.25, -0.2) is 23.7 Å². The number of rotatable bonds is 12. The third-order valence-corrected chi connectivity index (χ3v) is 9.96. The summed E-state index contributed by atoms with van der Waals surface area (Å²) < 4.78 is 22.4. The summed E-state index contributed by atoms with van der Waals surface area (Å²) in [7, 11) is 8.53. The third kappa shape index (κ3) is 7.70. The molecule has 0 spiro atoms. The second-order valence-corrected chi connectivity index (χ2v) is 14.2. The quantitative estimate of drug-likeness (QED) is 0.0890. The van der Waals surface area contributed by atoms with Gasteiger partial charge in [-0.05, 0) is 41.5 Å². The Morgan fingerprint density at radius 3 is 1.12 bits per heavy atom. The molecule has 0 atom stereocenters. The number of anilines is 3. The SMILES string of the molecule is COC(=O)c1c(/N=N/c2c(C)nn(-c3nc(-n4nc(C)c(/N=N/c5c(C(=O)OC)c(C)nn5C)c4N)nc(-n4nc(C)c(/N=N/c5c(C(=O)OC)c(C)nn5C)c4N)n3)c2N)nn(C)c1C. The highest BCUT2D eigenvalue weighted by molar-refractivity contribution is 5.96. The molecule has 0 bridgehead atoms. The molecular weight excluding hydrogens is 865 g/mol. The van der Waals surface area contributed by atoms with E-state index in [-0.39, 0.29) is 104 Å². The molecule has 7 heterocycles. The average molecular weight is 907 g/mol. The van der Waals surface area contributed by atoms with E-state index >= 15 is 0 Å². The monoisotopic (exact) mass is 906 g/mol. The second kappa shape index (κ2) is 17.2. The molecule has 0 aliphatic heterocycles. The van der Waals surface area contributed by atoms with Crippen molar-refractivity contribution in [3.8, 4) is 17.8 Å². The van der Waals surface area contributed by atoms with E-state index in [1.165, 1.54) is 35.4 Å². The van der Waals surface area contributed by atoms with E-state index in [1.807, 2.05) is 0 Å². The van der Waals surface area contributed by atoms with E-state index < -0.39 is 17.9 Å². The zero-order chi connectivity index (χ0) is 48.0. The Morgan fingerprint density at radius 2 is 0.773 bits per heavy atom. The van der Waals surface area contributed by atoms with Gasteiger partial charge in [-0.15, -0.1) is 30.7 Å². The number of nitrogens with two attached hydrogens (primary N) is 3. The van der Waals surface area contributed by atoms with E-state index in [1.54, 1.807) is 62.7 Å². The Hall–Kier alpha value is -9.12. The average Bonchev–Trinajstić information content (AvgIpc) is 4.07. The van der Waals surface area contributed by atoms with Crippen molar-refractivity contribution in [2.75, 3.05) is 38.5 Å². The largest absolute Gasteiger partial charge is 0.465 e. The first kappa shape index (κ1) is 44.9. The predicted octanol–water partition coefficient (Wildman–Crippen LogP) is 3.83. The van der Waals surface area contributed by atoms with Gasteiger partial charge in [0, 0.05) is 21.1 Å². The minimum atomic E-state index is -0.661. The van der Waals surface area contributed by atoms with Gasteiger partial charge in [-0.2, -0.15) is 59.6 Å². The van der Waals surface area contributed by atoms with Crippen LogP contribution in [0, 0.1) is 41.5 Å². The van der Waals surface area contributed by atoms with Crippen molar-refractivity contribution in [2.24, 2.45) is 51.8 Å². The minimum Gasteiger partial charge on any atom is -0.465 e. The lowest BCUT2D eigenvalue weighted by atomic mass is 10.2. The van der Waals surface area contributed by atoms with Crippen molar-refractivity contribution < 1.29 is 28.6 Å².